The lowest BCUT2D eigenvalue weighted by atomic mass is 10.1. The number of Topliss-reactive ketones (excluding diaryl/α,β-unsaturated/α-hetero) is 1. The summed E-state index contributed by atoms with van der Waals surface area (Å²) in [6, 6.07) is 8.81. The molecule has 27 heavy (non-hydrogen) atoms. The number of nitrogens with zero attached hydrogens (tertiary/aromatic N) is 2. The topological polar surface area (TPSA) is 72.6 Å². The van der Waals surface area contributed by atoms with Crippen molar-refractivity contribution in [2.75, 3.05) is 13.2 Å². The van der Waals surface area contributed by atoms with E-state index in [1.54, 1.807) is 24.3 Å². The van der Waals surface area contributed by atoms with Gasteiger partial charge in [0.05, 0.1) is 6.04 Å². The first-order valence-corrected chi connectivity index (χ1v) is 9.51. The maximum Gasteiger partial charge on any atom is 0.261 e. The van der Waals surface area contributed by atoms with E-state index in [-0.39, 0.29) is 30.3 Å². The number of carbonyl (C=O) groups is 2. The molecule has 0 bridgehead atoms. The number of hydrogen-bond donors (Lipinski definition) is 0. The number of likely N-dealkylation sites (tertiary alicyclic amines) is 1. The smallest absolute Gasteiger partial charge is 0.261 e. The second kappa shape index (κ2) is 8.37. The Morgan fingerprint density at radius 3 is 2.67 bits per heavy atom. The van der Waals surface area contributed by atoms with Crippen molar-refractivity contribution >= 4 is 11.7 Å². The molecule has 1 unspecified atom stereocenters. The van der Waals surface area contributed by atoms with Crippen molar-refractivity contribution in [3.63, 3.8) is 0 Å². The molecule has 144 valence electrons. The highest BCUT2D eigenvalue weighted by atomic mass is 16.5. The number of benzene rings is 1. The van der Waals surface area contributed by atoms with Gasteiger partial charge in [-0.1, -0.05) is 25.9 Å². The minimum Gasteiger partial charge on any atom is -0.484 e. The maximum atomic E-state index is 12.7. The first kappa shape index (κ1) is 19.1. The summed E-state index contributed by atoms with van der Waals surface area (Å²) in [7, 11) is 0. The Bertz CT molecular complexity index is 795. The number of rotatable bonds is 7. The Morgan fingerprint density at radius 1 is 1.30 bits per heavy atom. The van der Waals surface area contributed by atoms with Gasteiger partial charge in [0.2, 0.25) is 0 Å². The zero-order valence-electron chi connectivity index (χ0n) is 16.1. The van der Waals surface area contributed by atoms with Crippen molar-refractivity contribution in [3.8, 4) is 5.75 Å². The highest BCUT2D eigenvalue weighted by Gasteiger charge is 2.32. The summed E-state index contributed by atoms with van der Waals surface area (Å²) in [5.41, 5.74) is 1.47. The van der Waals surface area contributed by atoms with Gasteiger partial charge in [-0.3, -0.25) is 9.59 Å². The van der Waals surface area contributed by atoms with E-state index in [4.69, 9.17) is 9.26 Å². The number of hydrogen-bond acceptors (Lipinski definition) is 5. The summed E-state index contributed by atoms with van der Waals surface area (Å²) in [5, 5.41) is 4.16. The average Bonchev–Trinajstić information content (AvgIpc) is 3.34. The van der Waals surface area contributed by atoms with Crippen LogP contribution in [0.3, 0.4) is 0 Å². The third-order valence-corrected chi connectivity index (χ3v) is 4.89. The normalized spacial score (nSPS) is 16.7. The summed E-state index contributed by atoms with van der Waals surface area (Å²) in [6.07, 6.45) is 2.29. The minimum absolute atomic E-state index is 0.0353. The van der Waals surface area contributed by atoms with Crippen molar-refractivity contribution in [2.45, 2.75) is 52.0 Å². The van der Waals surface area contributed by atoms with Crippen LogP contribution < -0.4 is 4.74 Å². The molecule has 1 aromatic heterocycles. The molecule has 1 aliphatic rings. The lowest BCUT2D eigenvalue weighted by Crippen LogP contribution is -2.34. The van der Waals surface area contributed by atoms with Gasteiger partial charge in [0, 0.05) is 30.5 Å². The van der Waals surface area contributed by atoms with Crippen molar-refractivity contribution in [2.24, 2.45) is 0 Å². The van der Waals surface area contributed by atoms with E-state index in [9.17, 15) is 9.59 Å². The third-order valence-electron chi connectivity index (χ3n) is 4.89. The molecule has 2 heterocycles. The number of carbonyl (C=O) groups excluding carboxylic acids is 2. The van der Waals surface area contributed by atoms with Gasteiger partial charge in [-0.15, -0.1) is 0 Å². The van der Waals surface area contributed by atoms with Gasteiger partial charge in [0.25, 0.3) is 5.91 Å². The van der Waals surface area contributed by atoms with E-state index < -0.39 is 0 Å². The second-order valence-electron chi connectivity index (χ2n) is 7.14. The van der Waals surface area contributed by atoms with Crippen molar-refractivity contribution in [3.05, 3.63) is 47.3 Å². The zero-order valence-corrected chi connectivity index (χ0v) is 16.1. The molecule has 1 saturated heterocycles. The SMILES string of the molecule is CCC(=O)c1ccc(OCC(=O)N2CCCC2c2cc(C(C)C)on2)cc1. The molecule has 0 N–H and O–H groups in total. The van der Waals surface area contributed by atoms with Gasteiger partial charge >= 0.3 is 0 Å². The van der Waals surface area contributed by atoms with E-state index in [2.05, 4.69) is 19.0 Å². The van der Waals surface area contributed by atoms with Crippen molar-refractivity contribution in [1.82, 2.24) is 10.1 Å². The van der Waals surface area contributed by atoms with Gasteiger partial charge in [0.15, 0.2) is 12.4 Å². The summed E-state index contributed by atoms with van der Waals surface area (Å²) in [6.45, 7) is 6.59. The van der Waals surface area contributed by atoms with Crippen LogP contribution in [0.25, 0.3) is 0 Å². The first-order valence-electron chi connectivity index (χ1n) is 9.51. The Morgan fingerprint density at radius 2 is 2.04 bits per heavy atom. The quantitative estimate of drug-likeness (QED) is 0.685. The first-order chi connectivity index (χ1) is 13.0. The van der Waals surface area contributed by atoms with Crippen LogP contribution in [-0.4, -0.2) is 34.9 Å². The average molecular weight is 370 g/mol. The number of ketones is 1. The Kier molecular flexibility index (Phi) is 5.94. The largest absolute Gasteiger partial charge is 0.484 e. The van der Waals surface area contributed by atoms with Gasteiger partial charge in [-0.05, 0) is 37.1 Å². The van der Waals surface area contributed by atoms with Crippen LogP contribution in [0.15, 0.2) is 34.9 Å². The standard InChI is InChI=1S/C21H26N2O4/c1-4-19(24)15-7-9-16(10-8-15)26-13-21(25)23-11-5-6-18(23)17-12-20(14(2)3)27-22-17/h7-10,12,14,18H,4-6,11,13H2,1-3H3. The van der Waals surface area contributed by atoms with Crippen molar-refractivity contribution in [1.29, 1.82) is 0 Å². The highest BCUT2D eigenvalue weighted by Crippen LogP contribution is 2.32. The molecule has 2 aromatic rings. The molecule has 3 rings (SSSR count). The summed E-state index contributed by atoms with van der Waals surface area (Å²) in [4.78, 5) is 26.1. The molecular weight excluding hydrogens is 344 g/mol. The zero-order chi connectivity index (χ0) is 19.4. The van der Waals surface area contributed by atoms with Crippen LogP contribution in [0.2, 0.25) is 0 Å². The van der Waals surface area contributed by atoms with Gasteiger partial charge in [-0.25, -0.2) is 0 Å². The summed E-state index contributed by atoms with van der Waals surface area (Å²) >= 11 is 0. The fraction of sp³-hybridized carbons (Fsp3) is 0.476. The van der Waals surface area contributed by atoms with Crippen LogP contribution in [0, 0.1) is 0 Å². The third kappa shape index (κ3) is 4.38. The number of amides is 1. The molecule has 0 radical (unpaired) electrons. The molecule has 1 aliphatic heterocycles. The van der Waals surface area contributed by atoms with Crippen molar-refractivity contribution < 1.29 is 18.8 Å². The summed E-state index contributed by atoms with van der Waals surface area (Å²) < 4.78 is 11.0. The number of aromatic nitrogens is 1. The fourth-order valence-corrected chi connectivity index (χ4v) is 3.27. The highest BCUT2D eigenvalue weighted by molar-refractivity contribution is 5.95. The molecule has 6 heteroatoms. The molecule has 1 aromatic carbocycles. The monoisotopic (exact) mass is 370 g/mol. The van der Waals surface area contributed by atoms with E-state index >= 15 is 0 Å². The molecule has 1 atom stereocenters. The number of ether oxygens (including phenoxy) is 1. The van der Waals surface area contributed by atoms with Crippen LogP contribution >= 0.6 is 0 Å². The fourth-order valence-electron chi connectivity index (χ4n) is 3.27. The Hall–Kier alpha value is -2.63. The molecule has 0 spiro atoms. The predicted molar refractivity (Wildman–Crippen MR) is 101 cm³/mol. The molecule has 0 saturated carbocycles. The van der Waals surface area contributed by atoms with Crippen LogP contribution in [0.5, 0.6) is 5.75 Å². The van der Waals surface area contributed by atoms with Gasteiger partial charge in [-0.2, -0.15) is 0 Å². The van der Waals surface area contributed by atoms with E-state index in [0.29, 0.717) is 24.3 Å². The van der Waals surface area contributed by atoms with Crippen LogP contribution in [-0.2, 0) is 4.79 Å². The second-order valence-corrected chi connectivity index (χ2v) is 7.14. The molecule has 6 nitrogen and oxygen atoms in total. The van der Waals surface area contributed by atoms with E-state index in [1.165, 1.54) is 0 Å². The van der Waals surface area contributed by atoms with Gasteiger partial charge in [0.1, 0.15) is 17.2 Å². The van der Waals surface area contributed by atoms with E-state index in [0.717, 1.165) is 24.3 Å². The molecule has 0 aliphatic carbocycles. The summed E-state index contributed by atoms with van der Waals surface area (Å²) in [5.74, 6) is 1.70. The molecule has 1 fully saturated rings. The Balaban J connectivity index is 1.60. The molecule has 1 amide bonds. The lowest BCUT2D eigenvalue weighted by molar-refractivity contribution is -0.134. The lowest BCUT2D eigenvalue weighted by Gasteiger charge is -2.23. The maximum absolute atomic E-state index is 12.7. The van der Waals surface area contributed by atoms with Crippen LogP contribution in [0.1, 0.15) is 73.8 Å². The van der Waals surface area contributed by atoms with Gasteiger partial charge < -0.3 is 14.2 Å². The van der Waals surface area contributed by atoms with E-state index in [1.807, 2.05) is 17.9 Å². The minimum atomic E-state index is -0.0692. The predicted octanol–water partition coefficient (Wildman–Crippen LogP) is 4.13. The van der Waals surface area contributed by atoms with Crippen LogP contribution in [0.4, 0.5) is 0 Å². The Labute approximate surface area is 159 Å². The molecular formula is C21H26N2O4.